The monoisotopic (exact) mass is 446 g/mol. The van der Waals surface area contributed by atoms with Crippen molar-refractivity contribution < 1.29 is 14.1 Å². The van der Waals surface area contributed by atoms with Crippen molar-refractivity contribution in [3.8, 4) is 5.75 Å². The lowest BCUT2D eigenvalue weighted by atomic mass is 10.1. The minimum Gasteiger partial charge on any atom is -0.488 e. The number of hydrogen-bond acceptors (Lipinski definition) is 5. The SMILES string of the molecule is Cc1ccc(OCc2c(C(=O)N(C)Cc3c(Br)cnn3C)noc2C)c(C)c1. The molecule has 2 aromatic heterocycles. The number of halogens is 1. The van der Waals surface area contributed by atoms with E-state index in [0.717, 1.165) is 21.5 Å². The van der Waals surface area contributed by atoms with Gasteiger partial charge in [-0.1, -0.05) is 22.9 Å². The van der Waals surface area contributed by atoms with E-state index in [1.807, 2.05) is 33.0 Å². The van der Waals surface area contributed by atoms with Crippen LogP contribution in [-0.2, 0) is 20.2 Å². The van der Waals surface area contributed by atoms with Gasteiger partial charge in [0.2, 0.25) is 0 Å². The molecule has 0 saturated heterocycles. The van der Waals surface area contributed by atoms with E-state index in [0.29, 0.717) is 17.9 Å². The van der Waals surface area contributed by atoms with Gasteiger partial charge in [-0.25, -0.2) is 0 Å². The van der Waals surface area contributed by atoms with Gasteiger partial charge in [-0.15, -0.1) is 0 Å². The number of aryl methyl sites for hydroxylation is 4. The molecule has 0 radical (unpaired) electrons. The number of rotatable bonds is 6. The Morgan fingerprint density at radius 2 is 2.07 bits per heavy atom. The van der Waals surface area contributed by atoms with Gasteiger partial charge < -0.3 is 14.2 Å². The summed E-state index contributed by atoms with van der Waals surface area (Å²) in [5, 5.41) is 8.16. The highest BCUT2D eigenvalue weighted by Crippen LogP contribution is 2.23. The van der Waals surface area contributed by atoms with Gasteiger partial charge in [-0.3, -0.25) is 9.48 Å². The molecule has 0 unspecified atom stereocenters. The third kappa shape index (κ3) is 4.11. The Kier molecular flexibility index (Phi) is 5.88. The normalized spacial score (nSPS) is 10.9. The van der Waals surface area contributed by atoms with E-state index in [-0.39, 0.29) is 18.2 Å². The Hall–Kier alpha value is -2.61. The Bertz CT molecular complexity index is 990. The van der Waals surface area contributed by atoms with Crippen molar-refractivity contribution in [3.63, 3.8) is 0 Å². The van der Waals surface area contributed by atoms with Crippen LogP contribution in [0.3, 0.4) is 0 Å². The summed E-state index contributed by atoms with van der Waals surface area (Å²) in [6, 6.07) is 5.98. The fourth-order valence-electron chi connectivity index (χ4n) is 2.93. The standard InChI is InChI=1S/C20H23BrN4O3/c1-12-6-7-18(13(2)8-12)27-11-15-14(3)28-23-19(15)20(26)24(4)10-17-16(21)9-22-25(17)5/h6-9H,10-11H2,1-5H3. The van der Waals surface area contributed by atoms with E-state index in [9.17, 15) is 4.79 Å². The minimum absolute atomic E-state index is 0.212. The van der Waals surface area contributed by atoms with Gasteiger partial charge in [-0.05, 0) is 48.3 Å². The largest absolute Gasteiger partial charge is 0.488 e. The molecule has 0 fully saturated rings. The molecule has 148 valence electrons. The number of amides is 1. The van der Waals surface area contributed by atoms with Gasteiger partial charge in [0.15, 0.2) is 5.69 Å². The van der Waals surface area contributed by atoms with E-state index in [4.69, 9.17) is 9.26 Å². The summed E-state index contributed by atoms with van der Waals surface area (Å²) in [6.07, 6.45) is 1.71. The van der Waals surface area contributed by atoms with Crippen molar-refractivity contribution in [3.05, 3.63) is 62.7 Å². The molecule has 0 atom stereocenters. The van der Waals surface area contributed by atoms with Crippen LogP contribution in [0.15, 0.2) is 33.4 Å². The quantitative estimate of drug-likeness (QED) is 0.572. The van der Waals surface area contributed by atoms with Gasteiger partial charge >= 0.3 is 0 Å². The molecule has 0 saturated carbocycles. The van der Waals surface area contributed by atoms with Crippen molar-refractivity contribution in [1.29, 1.82) is 0 Å². The lowest BCUT2D eigenvalue weighted by molar-refractivity contribution is 0.0769. The van der Waals surface area contributed by atoms with Gasteiger partial charge in [0.1, 0.15) is 18.1 Å². The number of benzene rings is 1. The lowest BCUT2D eigenvalue weighted by Crippen LogP contribution is -2.28. The van der Waals surface area contributed by atoms with E-state index in [2.05, 4.69) is 32.3 Å². The van der Waals surface area contributed by atoms with Crippen molar-refractivity contribution in [1.82, 2.24) is 19.8 Å². The van der Waals surface area contributed by atoms with Crippen LogP contribution in [0.4, 0.5) is 0 Å². The van der Waals surface area contributed by atoms with Gasteiger partial charge in [0.05, 0.1) is 28.5 Å². The summed E-state index contributed by atoms with van der Waals surface area (Å²) in [4.78, 5) is 14.5. The predicted molar refractivity (Wildman–Crippen MR) is 108 cm³/mol. The smallest absolute Gasteiger partial charge is 0.276 e. The zero-order chi connectivity index (χ0) is 20.4. The molecule has 2 heterocycles. The summed E-state index contributed by atoms with van der Waals surface area (Å²) in [5.41, 5.74) is 4.03. The fraction of sp³-hybridized carbons (Fsp3) is 0.350. The third-order valence-electron chi connectivity index (χ3n) is 4.63. The second kappa shape index (κ2) is 8.18. The van der Waals surface area contributed by atoms with Crippen molar-refractivity contribution in [2.75, 3.05) is 7.05 Å². The minimum atomic E-state index is -0.232. The number of ether oxygens (including phenoxy) is 1. The van der Waals surface area contributed by atoms with Crippen LogP contribution in [0.5, 0.6) is 5.75 Å². The second-order valence-electron chi connectivity index (χ2n) is 6.85. The first kappa shape index (κ1) is 20.1. The van der Waals surface area contributed by atoms with Crippen LogP contribution in [0.25, 0.3) is 0 Å². The summed E-state index contributed by atoms with van der Waals surface area (Å²) in [7, 11) is 3.56. The highest BCUT2D eigenvalue weighted by Gasteiger charge is 2.24. The highest BCUT2D eigenvalue weighted by molar-refractivity contribution is 9.10. The molecule has 3 rings (SSSR count). The molecule has 0 N–H and O–H groups in total. The first-order chi connectivity index (χ1) is 13.3. The van der Waals surface area contributed by atoms with Crippen LogP contribution in [-0.4, -0.2) is 32.8 Å². The maximum Gasteiger partial charge on any atom is 0.276 e. The average molecular weight is 447 g/mol. The average Bonchev–Trinajstić information content (AvgIpc) is 3.17. The number of nitrogens with zero attached hydrogens (tertiary/aromatic N) is 4. The predicted octanol–water partition coefficient (Wildman–Crippen LogP) is 3.95. The molecule has 28 heavy (non-hydrogen) atoms. The molecule has 0 aliphatic carbocycles. The van der Waals surface area contributed by atoms with Crippen molar-refractivity contribution in [2.45, 2.75) is 33.9 Å². The summed E-state index contributed by atoms with van der Waals surface area (Å²) >= 11 is 3.46. The molecule has 8 heteroatoms. The van der Waals surface area contributed by atoms with Crippen LogP contribution in [0.2, 0.25) is 0 Å². The number of carbonyl (C=O) groups excluding carboxylic acids is 1. The summed E-state index contributed by atoms with van der Waals surface area (Å²) in [5.74, 6) is 1.11. The molecule has 7 nitrogen and oxygen atoms in total. The molecule has 1 aromatic carbocycles. The van der Waals surface area contributed by atoms with Gasteiger partial charge in [0.25, 0.3) is 5.91 Å². The molecule has 3 aromatic rings. The maximum atomic E-state index is 13.0. The molecule has 1 amide bonds. The van der Waals surface area contributed by atoms with Crippen LogP contribution in [0.1, 0.15) is 38.6 Å². The van der Waals surface area contributed by atoms with Gasteiger partial charge in [0, 0.05) is 14.1 Å². The molecule has 0 spiro atoms. The summed E-state index contributed by atoms with van der Waals surface area (Å²) in [6.45, 7) is 6.41. The number of aromatic nitrogens is 3. The summed E-state index contributed by atoms with van der Waals surface area (Å²) < 4.78 is 13.8. The molecular weight excluding hydrogens is 424 g/mol. The zero-order valence-corrected chi connectivity index (χ0v) is 18.2. The van der Waals surface area contributed by atoms with E-state index >= 15 is 0 Å². The Balaban J connectivity index is 1.76. The molecule has 0 aliphatic rings. The van der Waals surface area contributed by atoms with Crippen molar-refractivity contribution >= 4 is 21.8 Å². The number of hydrogen-bond donors (Lipinski definition) is 0. The zero-order valence-electron chi connectivity index (χ0n) is 16.6. The Labute approximate surface area is 172 Å². The molecule has 0 bridgehead atoms. The number of carbonyl (C=O) groups is 1. The molecule has 0 aliphatic heterocycles. The highest BCUT2D eigenvalue weighted by atomic mass is 79.9. The first-order valence-corrected chi connectivity index (χ1v) is 9.64. The lowest BCUT2D eigenvalue weighted by Gasteiger charge is -2.17. The van der Waals surface area contributed by atoms with Gasteiger partial charge in [-0.2, -0.15) is 5.10 Å². The van der Waals surface area contributed by atoms with Crippen molar-refractivity contribution in [2.24, 2.45) is 7.05 Å². The van der Waals surface area contributed by atoms with Crippen LogP contribution < -0.4 is 4.74 Å². The topological polar surface area (TPSA) is 73.4 Å². The van der Waals surface area contributed by atoms with E-state index in [1.54, 1.807) is 29.7 Å². The maximum absolute atomic E-state index is 13.0. The third-order valence-corrected chi connectivity index (χ3v) is 5.30. The van der Waals surface area contributed by atoms with Crippen LogP contribution in [0, 0.1) is 20.8 Å². The fourth-order valence-corrected chi connectivity index (χ4v) is 3.41. The van der Waals surface area contributed by atoms with E-state index < -0.39 is 0 Å². The molecular formula is C20H23BrN4O3. The Morgan fingerprint density at radius 3 is 2.71 bits per heavy atom. The Morgan fingerprint density at radius 1 is 1.32 bits per heavy atom. The first-order valence-electron chi connectivity index (χ1n) is 8.85. The van der Waals surface area contributed by atoms with Crippen LogP contribution >= 0.6 is 15.9 Å². The van der Waals surface area contributed by atoms with E-state index in [1.165, 1.54) is 5.56 Å². The second-order valence-corrected chi connectivity index (χ2v) is 7.70.